The molecule has 0 saturated heterocycles. The molecule has 7 heteroatoms. The third kappa shape index (κ3) is 6.15. The van der Waals surface area contributed by atoms with Crippen LogP contribution in [0.4, 0.5) is 4.79 Å². The minimum Gasteiger partial charge on any atom is -0.467 e. The first-order chi connectivity index (χ1) is 19.2. The van der Waals surface area contributed by atoms with Gasteiger partial charge in [0.25, 0.3) is 0 Å². The van der Waals surface area contributed by atoms with Crippen LogP contribution in [-0.4, -0.2) is 36.6 Å². The number of amides is 1. The summed E-state index contributed by atoms with van der Waals surface area (Å²) in [6, 6.07) is 29.9. The number of rotatable bonds is 7. The quantitative estimate of drug-likeness (QED) is 0.162. The molecule has 1 amide bonds. The summed E-state index contributed by atoms with van der Waals surface area (Å²) in [6.45, 7) is 5.31. The van der Waals surface area contributed by atoms with Crippen molar-refractivity contribution in [2.45, 2.75) is 37.3 Å². The van der Waals surface area contributed by atoms with Crippen molar-refractivity contribution in [2.24, 2.45) is 0 Å². The van der Waals surface area contributed by atoms with Crippen LogP contribution in [0.15, 0.2) is 100 Å². The van der Waals surface area contributed by atoms with Crippen molar-refractivity contribution in [3.8, 4) is 22.3 Å². The number of hydrogen-bond donors (Lipinski definition) is 1. The Kier molecular flexibility index (Phi) is 7.85. The maximum atomic E-state index is 12.3. The normalized spacial score (nSPS) is 12.3. The van der Waals surface area contributed by atoms with Gasteiger partial charge in [-0.3, -0.25) is 0 Å². The maximum absolute atomic E-state index is 12.3. The molecular weight excluding hydrogens is 522 g/mol. The maximum Gasteiger partial charge on any atom is 0.408 e. The number of carbonyl (C=O) groups excluding carboxylic acids is 2. The molecular formula is C33H31NO5S. The number of ether oxygens (including phenoxy) is 2. The van der Waals surface area contributed by atoms with E-state index in [4.69, 9.17) is 13.9 Å². The number of furan rings is 1. The number of para-hydroxylation sites is 2. The molecule has 40 heavy (non-hydrogen) atoms. The number of benzene rings is 4. The molecule has 0 fully saturated rings. The lowest BCUT2D eigenvalue weighted by Gasteiger charge is -2.22. The number of methoxy groups -OCH3 is 1. The summed E-state index contributed by atoms with van der Waals surface area (Å²) in [5.41, 5.74) is 5.27. The molecule has 1 aromatic heterocycles. The van der Waals surface area contributed by atoms with E-state index in [1.165, 1.54) is 18.9 Å². The van der Waals surface area contributed by atoms with E-state index in [0.29, 0.717) is 5.75 Å². The van der Waals surface area contributed by atoms with E-state index in [1.54, 1.807) is 20.8 Å². The Bertz CT molecular complexity index is 1680. The van der Waals surface area contributed by atoms with Crippen molar-refractivity contribution in [3.05, 3.63) is 91.0 Å². The molecule has 6 nitrogen and oxygen atoms in total. The lowest BCUT2D eigenvalue weighted by atomic mass is 9.98. The number of nitrogens with one attached hydrogen (secondary N) is 1. The highest BCUT2D eigenvalue weighted by Gasteiger charge is 2.25. The zero-order valence-corrected chi connectivity index (χ0v) is 23.7. The Morgan fingerprint density at radius 1 is 0.850 bits per heavy atom. The Morgan fingerprint density at radius 2 is 1.52 bits per heavy atom. The molecule has 5 aromatic rings. The second kappa shape index (κ2) is 11.5. The molecule has 0 aliphatic carbocycles. The SMILES string of the molecule is COC(=O)[C@@H](CSc1cccc(-c2cccc(-c3cccc4c3oc3ccccc34)c2)c1)NC(=O)OC(C)(C)C. The molecule has 0 unspecified atom stereocenters. The van der Waals surface area contributed by atoms with Crippen molar-refractivity contribution >= 4 is 45.8 Å². The summed E-state index contributed by atoms with van der Waals surface area (Å²) >= 11 is 1.46. The van der Waals surface area contributed by atoms with Gasteiger partial charge < -0.3 is 19.2 Å². The van der Waals surface area contributed by atoms with Gasteiger partial charge in [-0.25, -0.2) is 9.59 Å². The number of hydrogen-bond acceptors (Lipinski definition) is 6. The van der Waals surface area contributed by atoms with Crippen molar-refractivity contribution in [3.63, 3.8) is 0 Å². The predicted octanol–water partition coefficient (Wildman–Crippen LogP) is 8.08. The van der Waals surface area contributed by atoms with Crippen LogP contribution in [-0.2, 0) is 14.3 Å². The highest BCUT2D eigenvalue weighted by atomic mass is 32.2. The molecule has 0 aliphatic rings. The molecule has 1 atom stereocenters. The summed E-state index contributed by atoms with van der Waals surface area (Å²) in [7, 11) is 1.30. The van der Waals surface area contributed by atoms with Gasteiger partial charge >= 0.3 is 12.1 Å². The molecule has 1 N–H and O–H groups in total. The summed E-state index contributed by atoms with van der Waals surface area (Å²) in [4.78, 5) is 25.6. The topological polar surface area (TPSA) is 77.8 Å². The third-order valence-electron chi connectivity index (χ3n) is 6.34. The molecule has 0 aliphatic heterocycles. The summed E-state index contributed by atoms with van der Waals surface area (Å²) in [5, 5.41) is 4.82. The van der Waals surface area contributed by atoms with E-state index >= 15 is 0 Å². The summed E-state index contributed by atoms with van der Waals surface area (Å²) in [5.74, 6) is -0.231. The molecule has 5 rings (SSSR count). The smallest absolute Gasteiger partial charge is 0.408 e. The third-order valence-corrected chi connectivity index (χ3v) is 7.43. The van der Waals surface area contributed by atoms with Gasteiger partial charge in [-0.05, 0) is 61.7 Å². The van der Waals surface area contributed by atoms with Crippen LogP contribution < -0.4 is 5.32 Å². The minimum absolute atomic E-state index is 0.295. The van der Waals surface area contributed by atoms with Crippen LogP contribution in [0, 0.1) is 0 Å². The molecule has 0 saturated carbocycles. The van der Waals surface area contributed by atoms with E-state index in [1.807, 2.05) is 36.4 Å². The Morgan fingerprint density at radius 3 is 2.30 bits per heavy atom. The van der Waals surface area contributed by atoms with Crippen LogP contribution in [0.25, 0.3) is 44.2 Å². The lowest BCUT2D eigenvalue weighted by Crippen LogP contribution is -2.45. The summed E-state index contributed by atoms with van der Waals surface area (Å²) < 4.78 is 16.5. The van der Waals surface area contributed by atoms with Crippen LogP contribution >= 0.6 is 11.8 Å². The van der Waals surface area contributed by atoms with Crippen molar-refractivity contribution in [1.29, 1.82) is 0 Å². The Hall–Kier alpha value is -4.23. The average molecular weight is 554 g/mol. The van der Waals surface area contributed by atoms with Gasteiger partial charge in [-0.15, -0.1) is 11.8 Å². The molecule has 4 aromatic carbocycles. The van der Waals surface area contributed by atoms with Crippen molar-refractivity contribution in [2.75, 3.05) is 12.9 Å². The first-order valence-corrected chi connectivity index (χ1v) is 14.0. The van der Waals surface area contributed by atoms with E-state index in [-0.39, 0.29) is 0 Å². The molecule has 1 heterocycles. The van der Waals surface area contributed by atoms with E-state index < -0.39 is 23.7 Å². The van der Waals surface area contributed by atoms with E-state index in [0.717, 1.165) is 49.1 Å². The number of thioether (sulfide) groups is 1. The van der Waals surface area contributed by atoms with Gasteiger partial charge in [-0.2, -0.15) is 0 Å². The summed E-state index contributed by atoms with van der Waals surface area (Å²) in [6.07, 6.45) is -0.659. The predicted molar refractivity (Wildman–Crippen MR) is 160 cm³/mol. The molecule has 204 valence electrons. The number of alkyl carbamates (subject to hydrolysis) is 1. The number of esters is 1. The highest BCUT2D eigenvalue weighted by molar-refractivity contribution is 7.99. The van der Waals surface area contributed by atoms with Crippen LogP contribution in [0.1, 0.15) is 20.8 Å². The lowest BCUT2D eigenvalue weighted by molar-refractivity contribution is -0.142. The standard InChI is InChI=1S/C33H31NO5S/c1-33(2,3)39-32(36)34-28(31(35)37-4)20-40-24-13-8-11-22(19-24)21-10-7-12-23(18-21)25-15-9-16-27-26-14-5-6-17-29(26)38-30(25)27/h5-19,28H,20H2,1-4H3,(H,34,36)/t28-/m1/s1. The Balaban J connectivity index is 1.37. The number of carbonyl (C=O) groups is 2. The first-order valence-electron chi connectivity index (χ1n) is 13.0. The van der Waals surface area contributed by atoms with Crippen LogP contribution in [0.2, 0.25) is 0 Å². The molecule has 0 radical (unpaired) electrons. The monoisotopic (exact) mass is 553 g/mol. The molecule has 0 spiro atoms. The van der Waals surface area contributed by atoms with Gasteiger partial charge in [0.05, 0.1) is 7.11 Å². The minimum atomic E-state index is -0.846. The van der Waals surface area contributed by atoms with Crippen LogP contribution in [0.3, 0.4) is 0 Å². The zero-order valence-electron chi connectivity index (χ0n) is 22.9. The largest absolute Gasteiger partial charge is 0.467 e. The second-order valence-electron chi connectivity index (χ2n) is 10.4. The first kappa shape index (κ1) is 27.3. The van der Waals surface area contributed by atoms with Crippen LogP contribution in [0.5, 0.6) is 0 Å². The van der Waals surface area contributed by atoms with Gasteiger partial charge in [0.1, 0.15) is 22.8 Å². The van der Waals surface area contributed by atoms with E-state index in [9.17, 15) is 9.59 Å². The number of fused-ring (bicyclic) bond motifs is 3. The molecule has 0 bridgehead atoms. The zero-order chi connectivity index (χ0) is 28.3. The van der Waals surface area contributed by atoms with Gasteiger partial charge in [0.2, 0.25) is 0 Å². The van der Waals surface area contributed by atoms with Crippen molar-refractivity contribution < 1.29 is 23.5 Å². The fourth-order valence-corrected chi connectivity index (χ4v) is 5.51. The van der Waals surface area contributed by atoms with Gasteiger partial charge in [0, 0.05) is 27.0 Å². The average Bonchev–Trinajstić information content (AvgIpc) is 3.33. The van der Waals surface area contributed by atoms with Crippen molar-refractivity contribution in [1.82, 2.24) is 5.32 Å². The highest BCUT2D eigenvalue weighted by Crippen LogP contribution is 2.37. The fraction of sp³-hybridized carbons (Fsp3) is 0.212. The van der Waals surface area contributed by atoms with Gasteiger partial charge in [0.15, 0.2) is 0 Å². The van der Waals surface area contributed by atoms with E-state index in [2.05, 4.69) is 59.9 Å². The Labute approximate surface area is 237 Å². The van der Waals surface area contributed by atoms with Gasteiger partial charge in [-0.1, -0.05) is 66.7 Å². The second-order valence-corrected chi connectivity index (χ2v) is 11.5. The fourth-order valence-electron chi connectivity index (χ4n) is 4.55.